The van der Waals surface area contributed by atoms with Gasteiger partial charge >= 0.3 is 0 Å². The van der Waals surface area contributed by atoms with Crippen LogP contribution in [-0.2, 0) is 6.54 Å². The molecule has 0 aromatic carbocycles. The lowest BCUT2D eigenvalue weighted by atomic mass is 10.3. The fourth-order valence-electron chi connectivity index (χ4n) is 3.19. The highest BCUT2D eigenvalue weighted by atomic mass is 16.5. The Morgan fingerprint density at radius 2 is 2.00 bits per heavy atom. The van der Waals surface area contributed by atoms with Crippen molar-refractivity contribution in [2.24, 2.45) is 0 Å². The van der Waals surface area contributed by atoms with Gasteiger partial charge < -0.3 is 9.42 Å². The molecule has 1 saturated heterocycles. The van der Waals surface area contributed by atoms with Crippen molar-refractivity contribution in [3.8, 4) is 0 Å². The molecule has 7 nitrogen and oxygen atoms in total. The van der Waals surface area contributed by atoms with Gasteiger partial charge in [-0.15, -0.1) is 0 Å². The highest BCUT2D eigenvalue weighted by Crippen LogP contribution is 2.38. The number of nitrogens with zero attached hydrogens (tertiary/aromatic N) is 6. The Morgan fingerprint density at radius 3 is 2.83 bits per heavy atom. The van der Waals surface area contributed by atoms with Crippen LogP contribution in [0.5, 0.6) is 0 Å². The van der Waals surface area contributed by atoms with Crippen LogP contribution in [0.15, 0.2) is 10.7 Å². The Kier molecular flexibility index (Phi) is 4.18. The van der Waals surface area contributed by atoms with Gasteiger partial charge in [0, 0.05) is 38.3 Å². The molecule has 0 amide bonds. The van der Waals surface area contributed by atoms with Crippen LogP contribution < -0.4 is 4.90 Å². The number of aromatic nitrogens is 4. The van der Waals surface area contributed by atoms with E-state index in [1.165, 1.54) is 12.8 Å². The minimum absolute atomic E-state index is 0.522. The predicted molar refractivity (Wildman–Crippen MR) is 89.9 cm³/mol. The first-order valence-corrected chi connectivity index (χ1v) is 8.79. The number of rotatable bonds is 4. The molecule has 2 aromatic heterocycles. The van der Waals surface area contributed by atoms with Gasteiger partial charge in [0.2, 0.25) is 5.89 Å². The van der Waals surface area contributed by atoms with Gasteiger partial charge in [0.25, 0.3) is 0 Å². The SMILES string of the molecule is Cc1cnc(C)c(N2CCCN(Cc3noc(C4CC4)n3)CC2)n1. The van der Waals surface area contributed by atoms with Gasteiger partial charge in [-0.3, -0.25) is 9.88 Å². The Bertz CT molecular complexity index is 711. The summed E-state index contributed by atoms with van der Waals surface area (Å²) in [5, 5.41) is 4.14. The Morgan fingerprint density at radius 1 is 1.12 bits per heavy atom. The molecule has 0 spiro atoms. The first-order valence-electron chi connectivity index (χ1n) is 8.79. The maximum Gasteiger partial charge on any atom is 0.229 e. The maximum absolute atomic E-state index is 5.36. The normalized spacial score (nSPS) is 19.5. The maximum atomic E-state index is 5.36. The molecule has 1 saturated carbocycles. The number of anilines is 1. The monoisotopic (exact) mass is 328 g/mol. The van der Waals surface area contributed by atoms with E-state index in [0.29, 0.717) is 5.92 Å². The van der Waals surface area contributed by atoms with E-state index in [0.717, 1.165) is 68.1 Å². The summed E-state index contributed by atoms with van der Waals surface area (Å²) in [6, 6.07) is 0. The molecule has 1 aliphatic carbocycles. The first kappa shape index (κ1) is 15.5. The van der Waals surface area contributed by atoms with Crippen LogP contribution in [0.2, 0.25) is 0 Å². The zero-order valence-electron chi connectivity index (χ0n) is 14.4. The van der Waals surface area contributed by atoms with Crippen molar-refractivity contribution >= 4 is 5.82 Å². The molecule has 0 unspecified atom stereocenters. The summed E-state index contributed by atoms with van der Waals surface area (Å²) in [5.74, 6) is 3.19. The average Bonchev–Trinajstić information content (AvgIpc) is 3.35. The van der Waals surface area contributed by atoms with Crippen molar-refractivity contribution in [1.82, 2.24) is 25.0 Å². The molecule has 2 aromatic rings. The molecule has 7 heteroatoms. The van der Waals surface area contributed by atoms with Gasteiger partial charge in [0.1, 0.15) is 5.82 Å². The smallest absolute Gasteiger partial charge is 0.229 e. The average molecular weight is 328 g/mol. The standard InChI is InChI=1S/C17H24N6O/c1-12-10-18-13(2)16(19-12)23-7-3-6-22(8-9-23)11-15-20-17(24-21-15)14-4-5-14/h10,14H,3-9,11H2,1-2H3. The predicted octanol–water partition coefficient (Wildman–Crippen LogP) is 2.07. The van der Waals surface area contributed by atoms with Crippen LogP contribution in [0.3, 0.4) is 0 Å². The highest BCUT2D eigenvalue weighted by molar-refractivity contribution is 5.43. The number of hydrogen-bond donors (Lipinski definition) is 0. The molecule has 0 bridgehead atoms. The summed E-state index contributed by atoms with van der Waals surface area (Å²) in [7, 11) is 0. The minimum atomic E-state index is 0.522. The van der Waals surface area contributed by atoms with Crippen LogP contribution >= 0.6 is 0 Å². The lowest BCUT2D eigenvalue weighted by Gasteiger charge is -2.23. The van der Waals surface area contributed by atoms with Crippen molar-refractivity contribution in [2.45, 2.75) is 45.6 Å². The molecule has 2 fully saturated rings. The van der Waals surface area contributed by atoms with E-state index < -0.39 is 0 Å². The lowest BCUT2D eigenvalue weighted by Crippen LogP contribution is -2.31. The fourth-order valence-corrected chi connectivity index (χ4v) is 3.19. The molecule has 4 rings (SSSR count). The van der Waals surface area contributed by atoms with Crippen molar-refractivity contribution in [3.63, 3.8) is 0 Å². The van der Waals surface area contributed by atoms with Gasteiger partial charge in [-0.05, 0) is 33.1 Å². The van der Waals surface area contributed by atoms with Crippen LogP contribution in [0.4, 0.5) is 5.82 Å². The Balaban J connectivity index is 1.39. The Labute approximate surface area is 142 Å². The fraction of sp³-hybridized carbons (Fsp3) is 0.647. The van der Waals surface area contributed by atoms with Gasteiger partial charge in [-0.2, -0.15) is 4.98 Å². The summed E-state index contributed by atoms with van der Waals surface area (Å²) >= 11 is 0. The Hall–Kier alpha value is -2.02. The van der Waals surface area contributed by atoms with Crippen molar-refractivity contribution in [2.75, 3.05) is 31.1 Å². The van der Waals surface area contributed by atoms with E-state index in [2.05, 4.69) is 29.9 Å². The summed E-state index contributed by atoms with van der Waals surface area (Å²) in [6.45, 7) is 8.77. The second kappa shape index (κ2) is 6.47. The van der Waals surface area contributed by atoms with Gasteiger partial charge in [0.05, 0.1) is 17.9 Å². The second-order valence-corrected chi connectivity index (χ2v) is 6.86. The molecule has 0 N–H and O–H groups in total. The second-order valence-electron chi connectivity index (χ2n) is 6.86. The molecule has 1 aliphatic heterocycles. The highest BCUT2D eigenvalue weighted by Gasteiger charge is 2.30. The third kappa shape index (κ3) is 3.40. The van der Waals surface area contributed by atoms with Crippen molar-refractivity contribution in [3.05, 3.63) is 29.3 Å². The number of aryl methyl sites for hydroxylation is 2. The molecular formula is C17H24N6O. The van der Waals surface area contributed by atoms with Crippen molar-refractivity contribution in [1.29, 1.82) is 0 Å². The van der Waals surface area contributed by atoms with E-state index in [1.807, 2.05) is 20.0 Å². The zero-order valence-corrected chi connectivity index (χ0v) is 14.4. The van der Waals surface area contributed by atoms with Gasteiger partial charge in [-0.25, -0.2) is 4.98 Å². The lowest BCUT2D eigenvalue weighted by molar-refractivity contribution is 0.271. The summed E-state index contributed by atoms with van der Waals surface area (Å²) in [6.07, 6.45) is 5.31. The molecule has 128 valence electrons. The van der Waals surface area contributed by atoms with Gasteiger partial charge in [-0.1, -0.05) is 5.16 Å². The first-order chi connectivity index (χ1) is 11.7. The van der Waals surface area contributed by atoms with Crippen LogP contribution in [0.25, 0.3) is 0 Å². The summed E-state index contributed by atoms with van der Waals surface area (Å²) in [4.78, 5) is 18.4. The third-order valence-electron chi connectivity index (χ3n) is 4.71. The van der Waals surface area contributed by atoms with Crippen LogP contribution in [0, 0.1) is 13.8 Å². The molecule has 2 aliphatic rings. The summed E-state index contributed by atoms with van der Waals surface area (Å²) in [5.41, 5.74) is 1.97. The quantitative estimate of drug-likeness (QED) is 0.850. The largest absolute Gasteiger partial charge is 0.354 e. The molecule has 3 heterocycles. The van der Waals surface area contributed by atoms with E-state index in [4.69, 9.17) is 4.52 Å². The molecule has 0 radical (unpaired) electrons. The minimum Gasteiger partial charge on any atom is -0.354 e. The van der Waals surface area contributed by atoms with Crippen LogP contribution in [0.1, 0.15) is 48.3 Å². The van der Waals surface area contributed by atoms with Crippen LogP contribution in [-0.4, -0.2) is 51.2 Å². The molecule has 0 atom stereocenters. The topological polar surface area (TPSA) is 71.2 Å². The zero-order chi connectivity index (χ0) is 16.5. The van der Waals surface area contributed by atoms with E-state index in [9.17, 15) is 0 Å². The van der Waals surface area contributed by atoms with E-state index in [1.54, 1.807) is 0 Å². The summed E-state index contributed by atoms with van der Waals surface area (Å²) < 4.78 is 5.36. The van der Waals surface area contributed by atoms with Crippen molar-refractivity contribution < 1.29 is 4.52 Å². The molecular weight excluding hydrogens is 304 g/mol. The van der Waals surface area contributed by atoms with Gasteiger partial charge in [0.15, 0.2) is 5.82 Å². The van der Waals surface area contributed by atoms with E-state index >= 15 is 0 Å². The number of hydrogen-bond acceptors (Lipinski definition) is 7. The van der Waals surface area contributed by atoms with E-state index in [-0.39, 0.29) is 0 Å². The third-order valence-corrected chi connectivity index (χ3v) is 4.71. The molecule has 24 heavy (non-hydrogen) atoms.